The molecule has 1 N–H and O–H groups in total. The monoisotopic (exact) mass is 372 g/mol. The highest BCUT2D eigenvalue weighted by Crippen LogP contribution is 2.31. The lowest BCUT2D eigenvalue weighted by Crippen LogP contribution is -2.28. The molecule has 1 saturated heterocycles. The number of benzene rings is 2. The number of rotatable bonds is 5. The molecule has 0 aromatic heterocycles. The number of hydrogen-bond donors (Lipinski definition) is 1. The van der Waals surface area contributed by atoms with E-state index in [-0.39, 0.29) is 18.2 Å². The lowest BCUT2D eigenvalue weighted by Gasteiger charge is -2.20. The Labute approximate surface area is 157 Å². The molecule has 1 fully saturated rings. The van der Waals surface area contributed by atoms with E-state index in [1.54, 1.807) is 23.1 Å². The van der Waals surface area contributed by atoms with Gasteiger partial charge in [0.2, 0.25) is 11.8 Å². The van der Waals surface area contributed by atoms with Crippen LogP contribution in [-0.4, -0.2) is 25.5 Å². The minimum absolute atomic E-state index is 0.0379. The summed E-state index contributed by atoms with van der Waals surface area (Å²) < 4.78 is 5.25. The van der Waals surface area contributed by atoms with Crippen molar-refractivity contribution >= 4 is 34.8 Å². The highest BCUT2D eigenvalue weighted by Gasteiger charge is 2.36. The number of para-hydroxylation sites is 1. The summed E-state index contributed by atoms with van der Waals surface area (Å²) >= 11 is 6.01. The van der Waals surface area contributed by atoms with E-state index < -0.39 is 5.92 Å². The number of nitrogens with one attached hydrogen (secondary N) is 1. The van der Waals surface area contributed by atoms with Crippen molar-refractivity contribution in [1.82, 2.24) is 0 Å². The Balaban J connectivity index is 1.76. The summed E-state index contributed by atoms with van der Waals surface area (Å²) in [4.78, 5) is 26.9. The Morgan fingerprint density at radius 2 is 2.08 bits per heavy atom. The van der Waals surface area contributed by atoms with Gasteiger partial charge in [0, 0.05) is 23.7 Å². The van der Waals surface area contributed by atoms with Gasteiger partial charge in [-0.2, -0.15) is 0 Å². The van der Waals surface area contributed by atoms with Gasteiger partial charge in [-0.1, -0.05) is 36.7 Å². The van der Waals surface area contributed by atoms with Crippen molar-refractivity contribution < 1.29 is 14.3 Å². The molecule has 6 heteroatoms. The van der Waals surface area contributed by atoms with Crippen molar-refractivity contribution in [3.63, 3.8) is 0 Å². The number of carbonyl (C=O) groups is 2. The molecule has 136 valence electrons. The summed E-state index contributed by atoms with van der Waals surface area (Å²) in [5.74, 6) is -0.143. The van der Waals surface area contributed by atoms with Gasteiger partial charge < -0.3 is 15.0 Å². The van der Waals surface area contributed by atoms with Gasteiger partial charge in [0.05, 0.1) is 18.7 Å². The van der Waals surface area contributed by atoms with Gasteiger partial charge >= 0.3 is 0 Å². The average molecular weight is 373 g/mol. The first kappa shape index (κ1) is 18.3. The summed E-state index contributed by atoms with van der Waals surface area (Å²) in [7, 11) is 1.53. The van der Waals surface area contributed by atoms with E-state index in [1.807, 2.05) is 24.3 Å². The zero-order valence-electron chi connectivity index (χ0n) is 14.8. The quantitative estimate of drug-likeness (QED) is 0.865. The smallest absolute Gasteiger partial charge is 0.229 e. The summed E-state index contributed by atoms with van der Waals surface area (Å²) in [6, 6.07) is 12.8. The number of anilines is 2. The molecule has 2 aromatic carbocycles. The van der Waals surface area contributed by atoms with E-state index in [1.165, 1.54) is 7.11 Å². The van der Waals surface area contributed by atoms with Gasteiger partial charge in [0.25, 0.3) is 0 Å². The molecule has 0 radical (unpaired) electrons. The van der Waals surface area contributed by atoms with E-state index in [2.05, 4.69) is 12.2 Å². The first-order valence-corrected chi connectivity index (χ1v) is 8.94. The van der Waals surface area contributed by atoms with Gasteiger partial charge in [-0.05, 0) is 36.2 Å². The van der Waals surface area contributed by atoms with Crippen molar-refractivity contribution in [2.45, 2.75) is 19.8 Å². The molecule has 1 atom stereocenters. The highest BCUT2D eigenvalue weighted by atomic mass is 35.5. The third kappa shape index (κ3) is 3.68. The van der Waals surface area contributed by atoms with Crippen LogP contribution in [0.5, 0.6) is 5.75 Å². The van der Waals surface area contributed by atoms with Crippen molar-refractivity contribution in [1.29, 1.82) is 0 Å². The first-order valence-electron chi connectivity index (χ1n) is 8.56. The minimum atomic E-state index is -0.420. The molecule has 1 aliphatic rings. The molecule has 5 nitrogen and oxygen atoms in total. The van der Waals surface area contributed by atoms with Crippen LogP contribution in [0.15, 0.2) is 42.5 Å². The fourth-order valence-corrected chi connectivity index (χ4v) is 3.37. The third-order valence-electron chi connectivity index (χ3n) is 4.58. The number of amides is 2. The SMILES string of the molecule is CCc1ccccc1N1CC(C(=O)Nc2cc(Cl)ccc2OC)CC1=O. The summed E-state index contributed by atoms with van der Waals surface area (Å²) in [6.45, 7) is 2.42. The van der Waals surface area contributed by atoms with Crippen LogP contribution in [0.1, 0.15) is 18.9 Å². The summed E-state index contributed by atoms with van der Waals surface area (Å²) in [6.07, 6.45) is 1.02. The van der Waals surface area contributed by atoms with E-state index in [0.29, 0.717) is 23.0 Å². The van der Waals surface area contributed by atoms with Crippen molar-refractivity contribution in [3.05, 3.63) is 53.1 Å². The molecule has 0 spiro atoms. The largest absolute Gasteiger partial charge is 0.495 e. The minimum Gasteiger partial charge on any atom is -0.495 e. The zero-order valence-corrected chi connectivity index (χ0v) is 15.5. The van der Waals surface area contributed by atoms with Crippen LogP contribution in [0, 0.1) is 5.92 Å². The van der Waals surface area contributed by atoms with Crippen LogP contribution >= 0.6 is 11.6 Å². The fourth-order valence-electron chi connectivity index (χ4n) is 3.20. The predicted octanol–water partition coefficient (Wildman–Crippen LogP) is 3.90. The molecule has 2 aromatic rings. The first-order chi connectivity index (χ1) is 12.5. The third-order valence-corrected chi connectivity index (χ3v) is 4.81. The molecule has 1 unspecified atom stereocenters. The molecule has 1 heterocycles. The Kier molecular flexibility index (Phi) is 5.47. The topological polar surface area (TPSA) is 58.6 Å². The Bertz CT molecular complexity index is 838. The molecule has 3 rings (SSSR count). The van der Waals surface area contributed by atoms with E-state index in [4.69, 9.17) is 16.3 Å². The number of aryl methyl sites for hydroxylation is 1. The molecular formula is C20H21ClN2O3. The zero-order chi connectivity index (χ0) is 18.7. The fraction of sp³-hybridized carbons (Fsp3) is 0.300. The van der Waals surface area contributed by atoms with Gasteiger partial charge in [0.1, 0.15) is 5.75 Å². The summed E-state index contributed by atoms with van der Waals surface area (Å²) in [5, 5.41) is 3.34. The molecule has 1 aliphatic heterocycles. The van der Waals surface area contributed by atoms with Crippen LogP contribution in [0.25, 0.3) is 0 Å². The van der Waals surface area contributed by atoms with Crippen LogP contribution in [-0.2, 0) is 16.0 Å². The van der Waals surface area contributed by atoms with Crippen molar-refractivity contribution in [3.8, 4) is 5.75 Å². The second kappa shape index (κ2) is 7.79. The number of nitrogens with zero attached hydrogens (tertiary/aromatic N) is 1. The van der Waals surface area contributed by atoms with E-state index in [9.17, 15) is 9.59 Å². The number of ether oxygens (including phenoxy) is 1. The normalized spacial score (nSPS) is 16.7. The van der Waals surface area contributed by atoms with Gasteiger partial charge in [-0.25, -0.2) is 0 Å². The second-order valence-electron chi connectivity index (χ2n) is 6.22. The van der Waals surface area contributed by atoms with Crippen LogP contribution in [0.4, 0.5) is 11.4 Å². The molecule has 0 bridgehead atoms. The average Bonchev–Trinajstić information content (AvgIpc) is 3.03. The number of carbonyl (C=O) groups excluding carboxylic acids is 2. The number of halogens is 1. The summed E-state index contributed by atoms with van der Waals surface area (Å²) in [5.41, 5.74) is 2.49. The van der Waals surface area contributed by atoms with Gasteiger partial charge in [-0.15, -0.1) is 0 Å². The van der Waals surface area contributed by atoms with E-state index >= 15 is 0 Å². The molecular weight excluding hydrogens is 352 g/mol. The van der Waals surface area contributed by atoms with E-state index in [0.717, 1.165) is 17.7 Å². The standard InChI is InChI=1S/C20H21ClN2O3/c1-3-13-6-4-5-7-17(13)23-12-14(10-19(23)24)20(25)22-16-11-15(21)8-9-18(16)26-2/h4-9,11,14H,3,10,12H2,1-2H3,(H,22,25). The van der Waals surface area contributed by atoms with Crippen molar-refractivity contribution in [2.24, 2.45) is 5.92 Å². The van der Waals surface area contributed by atoms with Crippen molar-refractivity contribution in [2.75, 3.05) is 23.9 Å². The number of methoxy groups -OCH3 is 1. The maximum atomic E-state index is 12.7. The Morgan fingerprint density at radius 3 is 2.81 bits per heavy atom. The van der Waals surface area contributed by atoms with Crippen LogP contribution < -0.4 is 15.0 Å². The molecule has 26 heavy (non-hydrogen) atoms. The lowest BCUT2D eigenvalue weighted by atomic mass is 10.1. The Morgan fingerprint density at radius 1 is 1.31 bits per heavy atom. The highest BCUT2D eigenvalue weighted by molar-refractivity contribution is 6.31. The lowest BCUT2D eigenvalue weighted by molar-refractivity contribution is -0.122. The molecule has 2 amide bonds. The Hall–Kier alpha value is -2.53. The molecule has 0 saturated carbocycles. The van der Waals surface area contributed by atoms with Gasteiger partial charge in [0.15, 0.2) is 0 Å². The van der Waals surface area contributed by atoms with Crippen LogP contribution in [0.2, 0.25) is 5.02 Å². The second-order valence-corrected chi connectivity index (χ2v) is 6.66. The number of hydrogen-bond acceptors (Lipinski definition) is 3. The molecule has 0 aliphatic carbocycles. The maximum Gasteiger partial charge on any atom is 0.229 e. The maximum absolute atomic E-state index is 12.7. The van der Waals surface area contributed by atoms with Gasteiger partial charge in [-0.3, -0.25) is 9.59 Å². The van der Waals surface area contributed by atoms with Crippen LogP contribution in [0.3, 0.4) is 0 Å². The predicted molar refractivity (Wildman–Crippen MR) is 103 cm³/mol.